The molecule has 25 heavy (non-hydrogen) atoms. The number of hydrogen-bond donors (Lipinski definition) is 1. The van der Waals surface area contributed by atoms with Gasteiger partial charge in [0.05, 0.1) is 18.8 Å². The predicted molar refractivity (Wildman–Crippen MR) is 102 cm³/mol. The van der Waals surface area contributed by atoms with Crippen LogP contribution in [-0.4, -0.2) is 67.3 Å². The quantitative estimate of drug-likeness (QED) is 0.886. The molecule has 1 aliphatic heterocycles. The molecule has 0 aliphatic carbocycles. The first-order chi connectivity index (χ1) is 11.6. The van der Waals surface area contributed by atoms with Crippen molar-refractivity contribution >= 4 is 29.1 Å². The fourth-order valence-corrected chi connectivity index (χ4v) is 3.06. The van der Waals surface area contributed by atoms with Crippen molar-refractivity contribution in [3.63, 3.8) is 0 Å². The first kappa shape index (κ1) is 19.5. The third-order valence-corrected chi connectivity index (χ3v) is 4.51. The number of ether oxygens (including phenoxy) is 1. The molecular weight excluding hydrogens is 340 g/mol. The van der Waals surface area contributed by atoms with E-state index in [9.17, 15) is 9.90 Å². The summed E-state index contributed by atoms with van der Waals surface area (Å²) in [7, 11) is 1.79. The number of fused-ring (bicyclic) bond motifs is 1. The van der Waals surface area contributed by atoms with E-state index in [1.807, 2.05) is 24.3 Å². The van der Waals surface area contributed by atoms with Gasteiger partial charge in [-0.3, -0.25) is 9.69 Å². The lowest BCUT2D eigenvalue weighted by atomic mass is 10.0. The fraction of sp³-hybridized carbons (Fsp3) is 0.421. The Balaban J connectivity index is 0.00000225. The highest BCUT2D eigenvalue weighted by atomic mass is 35.5. The minimum atomic E-state index is -0.139. The number of nitrogens with zero attached hydrogens (tertiary/aromatic N) is 2. The van der Waals surface area contributed by atoms with E-state index in [2.05, 4.69) is 4.90 Å². The van der Waals surface area contributed by atoms with Gasteiger partial charge in [0.25, 0.3) is 5.91 Å². The van der Waals surface area contributed by atoms with Crippen LogP contribution in [0.25, 0.3) is 10.8 Å². The molecule has 3 rings (SSSR count). The number of phenols is 1. The highest BCUT2D eigenvalue weighted by Gasteiger charge is 2.17. The summed E-state index contributed by atoms with van der Waals surface area (Å²) >= 11 is 0. The number of amides is 1. The van der Waals surface area contributed by atoms with Gasteiger partial charge in [0.1, 0.15) is 5.75 Å². The molecule has 1 heterocycles. The summed E-state index contributed by atoms with van der Waals surface area (Å²) in [6.45, 7) is 5.14. The van der Waals surface area contributed by atoms with Gasteiger partial charge in [-0.05, 0) is 29.3 Å². The Labute approximate surface area is 154 Å². The van der Waals surface area contributed by atoms with Crippen LogP contribution < -0.4 is 0 Å². The number of halogens is 1. The third-order valence-electron chi connectivity index (χ3n) is 4.51. The van der Waals surface area contributed by atoms with Gasteiger partial charge >= 0.3 is 0 Å². The topological polar surface area (TPSA) is 53.0 Å². The Hall–Kier alpha value is -1.82. The van der Waals surface area contributed by atoms with Gasteiger partial charge in [0.15, 0.2) is 0 Å². The Morgan fingerprint density at radius 1 is 1.20 bits per heavy atom. The summed E-state index contributed by atoms with van der Waals surface area (Å²) in [6.07, 6.45) is 0.913. The second-order valence-corrected chi connectivity index (χ2v) is 6.25. The normalized spacial score (nSPS) is 14.9. The average Bonchev–Trinajstić information content (AvgIpc) is 2.61. The molecule has 1 aliphatic rings. The maximum Gasteiger partial charge on any atom is 0.257 e. The van der Waals surface area contributed by atoms with E-state index in [0.717, 1.165) is 50.0 Å². The van der Waals surface area contributed by atoms with E-state index in [0.29, 0.717) is 12.1 Å². The number of carbonyl (C=O) groups is 1. The lowest BCUT2D eigenvalue weighted by Crippen LogP contribution is -2.38. The van der Waals surface area contributed by atoms with Crippen molar-refractivity contribution < 1.29 is 14.6 Å². The van der Waals surface area contributed by atoms with Crippen LogP contribution in [0, 0.1) is 0 Å². The summed E-state index contributed by atoms with van der Waals surface area (Å²) in [5.74, 6) is -0.0982. The van der Waals surface area contributed by atoms with Crippen molar-refractivity contribution in [2.75, 3.05) is 46.4 Å². The first-order valence-corrected chi connectivity index (χ1v) is 8.42. The van der Waals surface area contributed by atoms with Crippen molar-refractivity contribution in [2.45, 2.75) is 6.42 Å². The molecule has 0 spiro atoms. The average molecular weight is 365 g/mol. The number of benzene rings is 2. The molecule has 136 valence electrons. The van der Waals surface area contributed by atoms with E-state index in [-0.39, 0.29) is 24.1 Å². The minimum absolute atomic E-state index is 0. The van der Waals surface area contributed by atoms with Crippen LogP contribution in [0.5, 0.6) is 5.75 Å². The molecule has 1 N–H and O–H groups in total. The van der Waals surface area contributed by atoms with Crippen LogP contribution in [0.3, 0.4) is 0 Å². The molecule has 0 atom stereocenters. The van der Waals surface area contributed by atoms with E-state index >= 15 is 0 Å². The number of carbonyl (C=O) groups excluding carboxylic acids is 1. The van der Waals surface area contributed by atoms with Gasteiger partial charge in [-0.1, -0.05) is 24.3 Å². The Bertz CT molecular complexity index is 717. The summed E-state index contributed by atoms with van der Waals surface area (Å²) in [5, 5.41) is 12.1. The molecule has 5 nitrogen and oxygen atoms in total. The van der Waals surface area contributed by atoms with Crippen molar-refractivity contribution in [1.82, 2.24) is 9.80 Å². The molecule has 6 heteroatoms. The number of phenolic OH excluding ortho intramolecular Hbond substituents is 1. The smallest absolute Gasteiger partial charge is 0.257 e. The molecule has 1 amide bonds. The highest BCUT2D eigenvalue weighted by molar-refractivity contribution is 6.01. The standard InChI is InChI=1S/C19H24N2O3.ClH/c1-20(7-4-8-21-9-11-24-12-10-21)19(23)17-13-15-5-2-3-6-16(15)14-18(17)22;/h2-3,5-6,13-14,22H,4,7-12H2,1H3;1H. The summed E-state index contributed by atoms with van der Waals surface area (Å²) in [6, 6.07) is 11.1. The maximum atomic E-state index is 12.6. The monoisotopic (exact) mass is 364 g/mol. The van der Waals surface area contributed by atoms with Gasteiger partial charge in [-0.25, -0.2) is 0 Å². The second-order valence-electron chi connectivity index (χ2n) is 6.25. The van der Waals surface area contributed by atoms with Crippen molar-refractivity contribution in [1.29, 1.82) is 0 Å². The summed E-state index contributed by atoms with van der Waals surface area (Å²) < 4.78 is 5.34. The molecule has 1 fully saturated rings. The van der Waals surface area contributed by atoms with E-state index in [4.69, 9.17) is 4.74 Å². The number of aromatic hydroxyl groups is 1. The fourth-order valence-electron chi connectivity index (χ4n) is 3.06. The molecular formula is C19H25ClN2O3. The Morgan fingerprint density at radius 3 is 2.52 bits per heavy atom. The SMILES string of the molecule is CN(CCCN1CCOCC1)C(=O)c1cc2ccccc2cc1O.Cl. The predicted octanol–water partition coefficient (Wildman–Crippen LogP) is 2.76. The lowest BCUT2D eigenvalue weighted by Gasteiger charge is -2.27. The van der Waals surface area contributed by atoms with Gasteiger partial charge < -0.3 is 14.7 Å². The largest absolute Gasteiger partial charge is 0.507 e. The third kappa shape index (κ3) is 4.84. The first-order valence-electron chi connectivity index (χ1n) is 8.42. The highest BCUT2D eigenvalue weighted by Crippen LogP contribution is 2.25. The summed E-state index contributed by atoms with van der Waals surface area (Å²) in [4.78, 5) is 16.7. The molecule has 1 saturated heterocycles. The van der Waals surface area contributed by atoms with Crippen molar-refractivity contribution in [3.8, 4) is 5.75 Å². The Morgan fingerprint density at radius 2 is 1.84 bits per heavy atom. The molecule has 0 unspecified atom stereocenters. The van der Waals surface area contributed by atoms with Crippen molar-refractivity contribution in [3.05, 3.63) is 42.0 Å². The van der Waals surface area contributed by atoms with Gasteiger partial charge in [-0.15, -0.1) is 12.4 Å². The molecule has 0 radical (unpaired) electrons. The second kappa shape index (κ2) is 9.04. The van der Waals surface area contributed by atoms with E-state index in [1.165, 1.54) is 0 Å². The number of rotatable bonds is 5. The van der Waals surface area contributed by atoms with E-state index < -0.39 is 0 Å². The van der Waals surface area contributed by atoms with E-state index in [1.54, 1.807) is 24.1 Å². The summed E-state index contributed by atoms with van der Waals surface area (Å²) in [5.41, 5.74) is 0.363. The van der Waals surface area contributed by atoms with Crippen LogP contribution >= 0.6 is 12.4 Å². The van der Waals surface area contributed by atoms with Gasteiger partial charge in [0.2, 0.25) is 0 Å². The maximum absolute atomic E-state index is 12.6. The lowest BCUT2D eigenvalue weighted by molar-refractivity contribution is 0.0361. The zero-order valence-corrected chi connectivity index (χ0v) is 15.3. The molecule has 0 aromatic heterocycles. The van der Waals surface area contributed by atoms with Crippen LogP contribution in [0.15, 0.2) is 36.4 Å². The Kier molecular flexibility index (Phi) is 7.05. The molecule has 2 aromatic carbocycles. The van der Waals surface area contributed by atoms with Crippen LogP contribution in [-0.2, 0) is 4.74 Å². The van der Waals surface area contributed by atoms with Gasteiger partial charge in [-0.2, -0.15) is 0 Å². The minimum Gasteiger partial charge on any atom is -0.507 e. The van der Waals surface area contributed by atoms with Crippen molar-refractivity contribution in [2.24, 2.45) is 0 Å². The molecule has 0 bridgehead atoms. The molecule has 0 saturated carbocycles. The zero-order chi connectivity index (χ0) is 16.9. The van der Waals surface area contributed by atoms with Crippen LogP contribution in [0.2, 0.25) is 0 Å². The number of morpholine rings is 1. The zero-order valence-electron chi connectivity index (χ0n) is 14.5. The van der Waals surface area contributed by atoms with Gasteiger partial charge in [0, 0.05) is 33.2 Å². The van der Waals surface area contributed by atoms with Crippen LogP contribution in [0.1, 0.15) is 16.8 Å². The van der Waals surface area contributed by atoms with Crippen LogP contribution in [0.4, 0.5) is 0 Å². The molecule has 2 aromatic rings. The number of hydrogen-bond acceptors (Lipinski definition) is 4.